The number of aliphatic hydroxyl groups excluding tert-OH is 1. The summed E-state index contributed by atoms with van der Waals surface area (Å²) in [6.45, 7) is 5.93. The van der Waals surface area contributed by atoms with E-state index in [2.05, 4.69) is 4.98 Å². The quantitative estimate of drug-likeness (QED) is 0.385. The first-order chi connectivity index (χ1) is 14.9. The van der Waals surface area contributed by atoms with Gasteiger partial charge in [-0.15, -0.1) is 0 Å². The number of rotatable bonds is 4. The summed E-state index contributed by atoms with van der Waals surface area (Å²) in [5, 5.41) is 11.3. The van der Waals surface area contributed by atoms with Crippen molar-refractivity contribution in [3.8, 4) is 0 Å². The number of Topliss-reactive ketones (excluding diaryl/α,β-unsaturated/α-hetero) is 1. The van der Waals surface area contributed by atoms with Crippen molar-refractivity contribution in [2.45, 2.75) is 33.4 Å². The average Bonchev–Trinajstić information content (AvgIpc) is 3.00. The summed E-state index contributed by atoms with van der Waals surface area (Å²) in [5.74, 6) is -1.46. The number of aryl methyl sites for hydroxylation is 3. The molecule has 5 heteroatoms. The molecule has 156 valence electrons. The van der Waals surface area contributed by atoms with Crippen molar-refractivity contribution < 1.29 is 14.7 Å². The van der Waals surface area contributed by atoms with Crippen molar-refractivity contribution in [1.29, 1.82) is 0 Å². The minimum absolute atomic E-state index is 0.111. The van der Waals surface area contributed by atoms with Crippen LogP contribution in [0.25, 0.3) is 5.76 Å². The monoisotopic (exact) mass is 412 g/mol. The number of likely N-dealkylation sites (tertiary alicyclic amines) is 1. The van der Waals surface area contributed by atoms with E-state index < -0.39 is 17.7 Å². The number of pyridine rings is 1. The van der Waals surface area contributed by atoms with Crippen LogP contribution in [0.15, 0.2) is 72.4 Å². The van der Waals surface area contributed by atoms with Gasteiger partial charge in [-0.05, 0) is 50.1 Å². The molecule has 31 heavy (non-hydrogen) atoms. The minimum atomic E-state index is -0.693. The molecule has 2 heterocycles. The molecule has 0 saturated carbocycles. The van der Waals surface area contributed by atoms with Gasteiger partial charge in [-0.3, -0.25) is 14.6 Å². The first-order valence-corrected chi connectivity index (χ1v) is 10.2. The van der Waals surface area contributed by atoms with Crippen molar-refractivity contribution in [3.63, 3.8) is 0 Å². The zero-order chi connectivity index (χ0) is 22.1. The number of carbonyl (C=O) groups is 2. The summed E-state index contributed by atoms with van der Waals surface area (Å²) in [6.07, 6.45) is 1.66. The Bertz CT molecular complexity index is 1200. The summed E-state index contributed by atoms with van der Waals surface area (Å²) in [4.78, 5) is 32.0. The zero-order valence-corrected chi connectivity index (χ0v) is 17.8. The van der Waals surface area contributed by atoms with Gasteiger partial charge in [0.1, 0.15) is 5.76 Å². The predicted octanol–water partition coefficient (Wildman–Crippen LogP) is 4.63. The number of amides is 1. The topological polar surface area (TPSA) is 70.5 Å². The molecule has 1 unspecified atom stereocenters. The molecule has 1 aliphatic rings. The molecule has 5 nitrogen and oxygen atoms in total. The molecule has 0 aliphatic carbocycles. The van der Waals surface area contributed by atoms with Crippen LogP contribution in [0.2, 0.25) is 0 Å². The number of carbonyl (C=O) groups excluding carboxylic acids is 2. The highest BCUT2D eigenvalue weighted by Gasteiger charge is 2.46. The summed E-state index contributed by atoms with van der Waals surface area (Å²) in [6, 6.07) is 18.1. The number of hydrogen-bond acceptors (Lipinski definition) is 4. The molecule has 0 spiro atoms. The summed E-state index contributed by atoms with van der Waals surface area (Å²) in [5.41, 5.74) is 4.93. The van der Waals surface area contributed by atoms with Gasteiger partial charge in [-0.2, -0.15) is 0 Å². The van der Waals surface area contributed by atoms with E-state index in [0.717, 1.165) is 22.3 Å². The van der Waals surface area contributed by atoms with Crippen LogP contribution in [-0.4, -0.2) is 26.7 Å². The van der Waals surface area contributed by atoms with E-state index in [4.69, 9.17) is 0 Å². The Morgan fingerprint density at radius 3 is 2.45 bits per heavy atom. The van der Waals surface area contributed by atoms with Crippen LogP contribution in [0, 0.1) is 20.8 Å². The van der Waals surface area contributed by atoms with E-state index in [1.165, 1.54) is 4.90 Å². The molecule has 1 fully saturated rings. The van der Waals surface area contributed by atoms with Gasteiger partial charge in [0, 0.05) is 11.8 Å². The fourth-order valence-corrected chi connectivity index (χ4v) is 4.03. The Kier molecular flexibility index (Phi) is 5.42. The van der Waals surface area contributed by atoms with Gasteiger partial charge < -0.3 is 10.0 Å². The molecule has 1 N–H and O–H groups in total. The molecule has 3 aromatic rings. The van der Waals surface area contributed by atoms with Crippen LogP contribution in [0.4, 0.5) is 0 Å². The molecule has 0 bridgehead atoms. The first kappa shape index (κ1) is 20.5. The lowest BCUT2D eigenvalue weighted by Crippen LogP contribution is -2.29. The number of nitrogens with zero attached hydrogens (tertiary/aromatic N) is 2. The maximum atomic E-state index is 13.2. The van der Waals surface area contributed by atoms with Gasteiger partial charge in [0.2, 0.25) is 0 Å². The second-order valence-electron chi connectivity index (χ2n) is 7.98. The Balaban J connectivity index is 1.91. The van der Waals surface area contributed by atoms with Crippen LogP contribution in [-0.2, 0) is 16.1 Å². The number of benzene rings is 2. The summed E-state index contributed by atoms with van der Waals surface area (Å²) >= 11 is 0. The smallest absolute Gasteiger partial charge is 0.296 e. The van der Waals surface area contributed by atoms with E-state index in [0.29, 0.717) is 11.3 Å². The fourth-order valence-electron chi connectivity index (χ4n) is 4.03. The molecule has 0 radical (unpaired) electrons. The summed E-state index contributed by atoms with van der Waals surface area (Å²) in [7, 11) is 0. The van der Waals surface area contributed by atoms with E-state index in [9.17, 15) is 14.7 Å². The second kappa shape index (κ2) is 8.19. The highest BCUT2D eigenvalue weighted by Crippen LogP contribution is 2.40. The Morgan fingerprint density at radius 2 is 1.74 bits per heavy atom. The van der Waals surface area contributed by atoms with E-state index >= 15 is 0 Å². The Labute approximate surface area is 181 Å². The molecule has 1 amide bonds. The highest BCUT2D eigenvalue weighted by atomic mass is 16.3. The minimum Gasteiger partial charge on any atom is -0.507 e. The van der Waals surface area contributed by atoms with Crippen LogP contribution in [0.1, 0.15) is 39.6 Å². The predicted molar refractivity (Wildman–Crippen MR) is 119 cm³/mol. The highest BCUT2D eigenvalue weighted by molar-refractivity contribution is 6.46. The fraction of sp³-hybridized carbons (Fsp3) is 0.192. The standard InChI is InChI=1S/C26H24N2O3/c1-16-7-6-8-19(13-16)23-22(24(29)21-14-17(2)10-11-18(21)3)25(30)26(31)28(23)15-20-9-4-5-12-27-20/h4-14,23,29H,15H2,1-3H3/b24-22+. The molecule has 1 aliphatic heterocycles. The number of hydrogen-bond donors (Lipinski definition) is 1. The van der Waals surface area contributed by atoms with Gasteiger partial charge >= 0.3 is 0 Å². The van der Waals surface area contributed by atoms with Crippen LogP contribution >= 0.6 is 0 Å². The number of ketones is 1. The molecule has 1 saturated heterocycles. The normalized spacial score (nSPS) is 17.9. The van der Waals surface area contributed by atoms with E-state index in [-0.39, 0.29) is 17.9 Å². The lowest BCUT2D eigenvalue weighted by molar-refractivity contribution is -0.140. The van der Waals surface area contributed by atoms with E-state index in [1.807, 2.05) is 75.4 Å². The van der Waals surface area contributed by atoms with Crippen LogP contribution in [0.5, 0.6) is 0 Å². The zero-order valence-electron chi connectivity index (χ0n) is 17.8. The van der Waals surface area contributed by atoms with Gasteiger partial charge in [-0.1, -0.05) is 53.6 Å². The molecular weight excluding hydrogens is 388 g/mol. The average molecular weight is 412 g/mol. The van der Waals surface area contributed by atoms with Gasteiger partial charge in [0.15, 0.2) is 0 Å². The Morgan fingerprint density at radius 1 is 0.968 bits per heavy atom. The molecular formula is C26H24N2O3. The molecule has 1 atom stereocenters. The van der Waals surface area contributed by atoms with Crippen molar-refractivity contribution in [3.05, 3.63) is 106 Å². The largest absolute Gasteiger partial charge is 0.507 e. The number of aliphatic hydroxyl groups is 1. The SMILES string of the molecule is Cc1cccc(C2/C(=C(\O)c3cc(C)ccc3C)C(=O)C(=O)N2Cc2ccccn2)c1. The molecule has 1 aromatic heterocycles. The van der Waals surface area contributed by atoms with Crippen molar-refractivity contribution >= 4 is 17.4 Å². The van der Waals surface area contributed by atoms with Crippen LogP contribution in [0.3, 0.4) is 0 Å². The Hall–Kier alpha value is -3.73. The van der Waals surface area contributed by atoms with Crippen molar-refractivity contribution in [2.24, 2.45) is 0 Å². The number of aromatic nitrogens is 1. The lowest BCUT2D eigenvalue weighted by Gasteiger charge is -2.25. The second-order valence-corrected chi connectivity index (χ2v) is 7.98. The van der Waals surface area contributed by atoms with E-state index in [1.54, 1.807) is 12.3 Å². The maximum absolute atomic E-state index is 13.2. The van der Waals surface area contributed by atoms with Crippen LogP contribution < -0.4 is 0 Å². The van der Waals surface area contributed by atoms with Gasteiger partial charge in [0.25, 0.3) is 11.7 Å². The van der Waals surface area contributed by atoms with Crippen molar-refractivity contribution in [2.75, 3.05) is 0 Å². The summed E-state index contributed by atoms with van der Waals surface area (Å²) < 4.78 is 0. The molecule has 2 aromatic carbocycles. The third-order valence-corrected chi connectivity index (χ3v) is 5.60. The van der Waals surface area contributed by atoms with Crippen molar-refractivity contribution in [1.82, 2.24) is 9.88 Å². The third-order valence-electron chi connectivity index (χ3n) is 5.60. The third kappa shape index (κ3) is 3.87. The first-order valence-electron chi connectivity index (χ1n) is 10.2. The van der Waals surface area contributed by atoms with Gasteiger partial charge in [0.05, 0.1) is 23.9 Å². The van der Waals surface area contributed by atoms with Gasteiger partial charge in [-0.25, -0.2) is 0 Å². The maximum Gasteiger partial charge on any atom is 0.296 e. The molecule has 4 rings (SSSR count). The lowest BCUT2D eigenvalue weighted by atomic mass is 9.92.